The van der Waals surface area contributed by atoms with E-state index in [1.165, 1.54) is 22.5 Å². The van der Waals surface area contributed by atoms with E-state index in [9.17, 15) is 9.59 Å². The second-order valence-electron chi connectivity index (χ2n) is 6.50. The Morgan fingerprint density at radius 1 is 1.29 bits per heavy atom. The van der Waals surface area contributed by atoms with Gasteiger partial charge in [0, 0.05) is 11.4 Å². The lowest BCUT2D eigenvalue weighted by Gasteiger charge is -2.29. The molecule has 1 aromatic heterocycles. The number of carbonyl (C=O) groups is 1. The van der Waals surface area contributed by atoms with E-state index in [0.717, 1.165) is 29.2 Å². The van der Waals surface area contributed by atoms with Crippen molar-refractivity contribution < 1.29 is 9.90 Å². The highest BCUT2D eigenvalue weighted by Crippen LogP contribution is 2.28. The lowest BCUT2D eigenvalue weighted by molar-refractivity contribution is -0.143. The molecule has 0 aliphatic carbocycles. The molecule has 6 heteroatoms. The summed E-state index contributed by atoms with van der Waals surface area (Å²) in [7, 11) is 0. The van der Waals surface area contributed by atoms with Crippen LogP contribution in [0.4, 0.5) is 0 Å². The number of carboxylic acid groups (broad SMARTS) is 1. The smallest absolute Gasteiger partial charge is 0.306 e. The maximum Gasteiger partial charge on any atom is 0.306 e. The molecule has 1 fully saturated rings. The van der Waals surface area contributed by atoms with Gasteiger partial charge in [0.05, 0.1) is 11.6 Å². The minimum absolute atomic E-state index is 0.0429. The number of benzene rings is 1. The summed E-state index contributed by atoms with van der Waals surface area (Å²) in [4.78, 5) is 29.1. The molecular weight excluding hydrogens is 324 g/mol. The zero-order valence-electron chi connectivity index (χ0n) is 14.0. The molecule has 0 radical (unpaired) electrons. The third-order valence-electron chi connectivity index (χ3n) is 4.82. The summed E-state index contributed by atoms with van der Waals surface area (Å²) in [6, 6.07) is 6.22. The van der Waals surface area contributed by atoms with Crippen molar-refractivity contribution >= 4 is 17.3 Å². The van der Waals surface area contributed by atoms with Crippen molar-refractivity contribution in [3.8, 4) is 11.3 Å². The highest BCUT2D eigenvalue weighted by molar-refractivity contribution is 7.09. The number of H-pyrrole nitrogens is 1. The standard InChI is InChI=1S/C18H22N2O3S/c1-11-3-4-14(9-12(11)2)16-15(24-18(23)19-16)10-20-7-5-13(6-8-20)17(21)22/h3-4,9,13H,5-8,10H2,1-2H3,(H,19,23)(H,21,22). The average molecular weight is 346 g/mol. The predicted octanol–water partition coefficient (Wildman–Crippen LogP) is 3.02. The summed E-state index contributed by atoms with van der Waals surface area (Å²) in [5, 5.41) is 9.10. The number of aromatic nitrogens is 1. The molecular formula is C18H22N2O3S. The van der Waals surface area contributed by atoms with Gasteiger partial charge in [-0.15, -0.1) is 0 Å². The quantitative estimate of drug-likeness (QED) is 0.892. The van der Waals surface area contributed by atoms with Gasteiger partial charge in [0.2, 0.25) is 0 Å². The van der Waals surface area contributed by atoms with Crippen LogP contribution in [-0.2, 0) is 11.3 Å². The molecule has 5 nitrogen and oxygen atoms in total. The van der Waals surface area contributed by atoms with Crippen LogP contribution in [0.1, 0.15) is 28.8 Å². The monoisotopic (exact) mass is 346 g/mol. The number of rotatable bonds is 4. The first-order valence-electron chi connectivity index (χ1n) is 8.19. The summed E-state index contributed by atoms with van der Waals surface area (Å²) in [5.74, 6) is -0.929. The maximum absolute atomic E-state index is 11.9. The molecule has 128 valence electrons. The van der Waals surface area contributed by atoms with Crippen molar-refractivity contribution in [1.29, 1.82) is 0 Å². The van der Waals surface area contributed by atoms with Crippen molar-refractivity contribution in [2.24, 2.45) is 5.92 Å². The molecule has 0 atom stereocenters. The minimum Gasteiger partial charge on any atom is -0.481 e. The Morgan fingerprint density at radius 2 is 2.00 bits per heavy atom. The van der Waals surface area contributed by atoms with E-state index >= 15 is 0 Å². The Hall–Kier alpha value is -1.92. The van der Waals surface area contributed by atoms with Crippen molar-refractivity contribution in [1.82, 2.24) is 9.88 Å². The molecule has 2 N–H and O–H groups in total. The number of nitrogens with zero attached hydrogens (tertiary/aromatic N) is 1. The lowest BCUT2D eigenvalue weighted by Crippen LogP contribution is -2.35. The molecule has 1 aromatic carbocycles. The summed E-state index contributed by atoms with van der Waals surface area (Å²) in [6.45, 7) is 6.35. The van der Waals surface area contributed by atoms with E-state index in [4.69, 9.17) is 5.11 Å². The zero-order chi connectivity index (χ0) is 17.3. The molecule has 0 spiro atoms. The van der Waals surface area contributed by atoms with Crippen LogP contribution in [0.5, 0.6) is 0 Å². The van der Waals surface area contributed by atoms with Gasteiger partial charge >= 0.3 is 10.8 Å². The van der Waals surface area contributed by atoms with Crippen molar-refractivity contribution in [2.45, 2.75) is 33.2 Å². The van der Waals surface area contributed by atoms with Gasteiger partial charge in [0.15, 0.2) is 0 Å². The molecule has 3 rings (SSSR count). The largest absolute Gasteiger partial charge is 0.481 e. The van der Waals surface area contributed by atoms with Crippen LogP contribution in [0.25, 0.3) is 11.3 Å². The van der Waals surface area contributed by atoms with E-state index in [1.807, 2.05) is 6.07 Å². The van der Waals surface area contributed by atoms with Crippen molar-refractivity contribution in [3.05, 3.63) is 43.9 Å². The molecule has 0 unspecified atom stereocenters. The number of likely N-dealkylation sites (tertiary alicyclic amines) is 1. The van der Waals surface area contributed by atoms with Crippen molar-refractivity contribution in [2.75, 3.05) is 13.1 Å². The van der Waals surface area contributed by atoms with Crippen LogP contribution in [0.2, 0.25) is 0 Å². The van der Waals surface area contributed by atoms with Crippen molar-refractivity contribution in [3.63, 3.8) is 0 Å². The average Bonchev–Trinajstić information content (AvgIpc) is 2.91. The van der Waals surface area contributed by atoms with Crippen LogP contribution in [0.15, 0.2) is 23.0 Å². The fourth-order valence-corrected chi connectivity index (χ4v) is 4.04. The van der Waals surface area contributed by atoms with Gasteiger partial charge in [-0.25, -0.2) is 0 Å². The predicted molar refractivity (Wildman–Crippen MR) is 95.5 cm³/mol. The van der Waals surface area contributed by atoms with Gasteiger partial charge in [-0.2, -0.15) is 0 Å². The third kappa shape index (κ3) is 3.60. The normalized spacial score (nSPS) is 16.4. The number of nitrogens with one attached hydrogen (secondary N) is 1. The second-order valence-corrected chi connectivity index (χ2v) is 7.57. The number of aryl methyl sites for hydroxylation is 2. The van der Waals surface area contributed by atoms with Gasteiger partial charge in [-0.05, 0) is 62.5 Å². The van der Waals surface area contributed by atoms with E-state index < -0.39 is 5.97 Å². The number of piperidine rings is 1. The Morgan fingerprint density at radius 3 is 2.62 bits per heavy atom. The number of hydrogen-bond donors (Lipinski definition) is 2. The van der Waals surface area contributed by atoms with E-state index in [-0.39, 0.29) is 10.8 Å². The van der Waals surface area contributed by atoms with Gasteiger partial charge in [0.1, 0.15) is 0 Å². The number of thiazole rings is 1. The van der Waals surface area contributed by atoms with Crippen LogP contribution < -0.4 is 4.87 Å². The first-order valence-corrected chi connectivity index (χ1v) is 9.00. The molecule has 2 aromatic rings. The number of carboxylic acids is 1. The fourth-order valence-electron chi connectivity index (χ4n) is 3.14. The highest BCUT2D eigenvalue weighted by Gasteiger charge is 2.25. The molecule has 1 saturated heterocycles. The van der Waals surface area contributed by atoms with E-state index in [2.05, 4.69) is 35.9 Å². The summed E-state index contributed by atoms with van der Waals surface area (Å²) >= 11 is 1.25. The summed E-state index contributed by atoms with van der Waals surface area (Å²) in [5.41, 5.74) is 4.36. The van der Waals surface area contributed by atoms with Crippen LogP contribution >= 0.6 is 11.3 Å². The third-order valence-corrected chi connectivity index (χ3v) is 5.69. The number of aliphatic carboxylic acids is 1. The second kappa shape index (κ2) is 6.91. The Bertz CT molecular complexity index is 801. The molecule has 24 heavy (non-hydrogen) atoms. The Kier molecular flexibility index (Phi) is 4.87. The number of aromatic amines is 1. The van der Waals surface area contributed by atoms with Gasteiger partial charge in [-0.3, -0.25) is 14.5 Å². The van der Waals surface area contributed by atoms with Crippen LogP contribution in [0.3, 0.4) is 0 Å². The van der Waals surface area contributed by atoms with E-state index in [0.29, 0.717) is 19.4 Å². The molecule has 0 amide bonds. The molecule has 1 aliphatic heterocycles. The first kappa shape index (κ1) is 16.9. The summed E-state index contributed by atoms with van der Waals surface area (Å²) < 4.78 is 0. The van der Waals surface area contributed by atoms with Gasteiger partial charge < -0.3 is 10.1 Å². The molecule has 0 bridgehead atoms. The Balaban J connectivity index is 1.79. The topological polar surface area (TPSA) is 73.4 Å². The van der Waals surface area contributed by atoms with Gasteiger partial charge in [-0.1, -0.05) is 23.5 Å². The molecule has 0 saturated carbocycles. The van der Waals surface area contributed by atoms with Crippen LogP contribution in [-0.4, -0.2) is 34.0 Å². The lowest BCUT2D eigenvalue weighted by atomic mass is 9.97. The molecule has 2 heterocycles. The number of hydrogen-bond acceptors (Lipinski definition) is 4. The minimum atomic E-state index is -0.697. The van der Waals surface area contributed by atoms with Crippen LogP contribution in [0, 0.1) is 19.8 Å². The fraction of sp³-hybridized carbons (Fsp3) is 0.444. The molecule has 1 aliphatic rings. The highest BCUT2D eigenvalue weighted by atomic mass is 32.1. The van der Waals surface area contributed by atoms with E-state index in [1.54, 1.807) is 0 Å². The van der Waals surface area contributed by atoms with Gasteiger partial charge in [0.25, 0.3) is 0 Å². The maximum atomic E-state index is 11.9. The zero-order valence-corrected chi connectivity index (χ0v) is 14.8. The first-order chi connectivity index (χ1) is 11.4. The Labute approximate surface area is 145 Å². The summed E-state index contributed by atoms with van der Waals surface area (Å²) in [6.07, 6.45) is 1.35. The SMILES string of the molecule is Cc1ccc(-c2[nH]c(=O)sc2CN2CCC(C(=O)O)CC2)cc1C.